The van der Waals surface area contributed by atoms with Gasteiger partial charge in [0.05, 0.1) is 0 Å². The van der Waals surface area contributed by atoms with E-state index in [1.54, 1.807) is 17.3 Å². The molecule has 0 bridgehead atoms. The monoisotopic (exact) mass is 333 g/mol. The van der Waals surface area contributed by atoms with Gasteiger partial charge in [-0.1, -0.05) is 6.92 Å². The molecule has 0 aliphatic carbocycles. The molecule has 1 aliphatic heterocycles. The van der Waals surface area contributed by atoms with E-state index >= 15 is 0 Å². The Balaban J connectivity index is 2.34. The SMILES string of the molecule is CCC(C)N1C(=O)C(=Cc2cnc(N(C)C)nc2)C(=O)NC1=S. The number of anilines is 1. The topological polar surface area (TPSA) is 78.4 Å². The number of rotatable bonds is 4. The first kappa shape index (κ1) is 17.0. The van der Waals surface area contributed by atoms with Crippen LogP contribution in [0.15, 0.2) is 18.0 Å². The Labute approximate surface area is 140 Å². The maximum Gasteiger partial charge on any atom is 0.265 e. The summed E-state index contributed by atoms with van der Waals surface area (Å²) in [5.74, 6) is -0.352. The number of nitrogens with one attached hydrogen (secondary N) is 1. The quantitative estimate of drug-likeness (QED) is 0.502. The zero-order chi connectivity index (χ0) is 17.1. The van der Waals surface area contributed by atoms with Crippen molar-refractivity contribution >= 4 is 41.2 Å². The highest BCUT2D eigenvalue weighted by Crippen LogP contribution is 2.17. The zero-order valence-electron chi connectivity index (χ0n) is 13.5. The first-order chi connectivity index (χ1) is 10.8. The van der Waals surface area contributed by atoms with Gasteiger partial charge in [0.2, 0.25) is 5.95 Å². The van der Waals surface area contributed by atoms with Crippen LogP contribution in [-0.4, -0.2) is 51.9 Å². The van der Waals surface area contributed by atoms with Crippen LogP contribution in [0.1, 0.15) is 25.8 Å². The third kappa shape index (κ3) is 3.53. The predicted molar refractivity (Wildman–Crippen MR) is 91.7 cm³/mol. The second-order valence-electron chi connectivity index (χ2n) is 5.46. The van der Waals surface area contributed by atoms with Crippen LogP contribution in [0, 0.1) is 0 Å². The summed E-state index contributed by atoms with van der Waals surface area (Å²) in [6.07, 6.45) is 5.34. The maximum absolute atomic E-state index is 12.6. The van der Waals surface area contributed by atoms with Crippen LogP contribution in [0.25, 0.3) is 6.08 Å². The van der Waals surface area contributed by atoms with Gasteiger partial charge in [0.15, 0.2) is 5.11 Å². The lowest BCUT2D eigenvalue weighted by atomic mass is 10.1. The van der Waals surface area contributed by atoms with Crippen LogP contribution in [0.5, 0.6) is 0 Å². The Hall–Kier alpha value is -2.35. The van der Waals surface area contributed by atoms with Crippen LogP contribution in [0.4, 0.5) is 5.95 Å². The second-order valence-corrected chi connectivity index (χ2v) is 5.85. The fourth-order valence-corrected chi connectivity index (χ4v) is 2.41. The van der Waals surface area contributed by atoms with Crippen LogP contribution in [0.2, 0.25) is 0 Å². The molecule has 1 fully saturated rings. The van der Waals surface area contributed by atoms with Crippen molar-refractivity contribution in [2.45, 2.75) is 26.3 Å². The summed E-state index contributed by atoms with van der Waals surface area (Å²) in [5.41, 5.74) is 0.603. The van der Waals surface area contributed by atoms with Gasteiger partial charge >= 0.3 is 0 Å². The first-order valence-electron chi connectivity index (χ1n) is 7.25. The highest BCUT2D eigenvalue weighted by atomic mass is 32.1. The molecule has 0 aromatic carbocycles. The second kappa shape index (κ2) is 6.82. The molecule has 2 amide bonds. The fourth-order valence-electron chi connectivity index (χ4n) is 2.06. The lowest BCUT2D eigenvalue weighted by Crippen LogP contribution is -2.56. The van der Waals surface area contributed by atoms with Crippen molar-refractivity contribution in [1.29, 1.82) is 0 Å². The third-order valence-corrected chi connectivity index (χ3v) is 3.83. The molecule has 0 spiro atoms. The molecule has 0 saturated carbocycles. The number of hydrogen-bond acceptors (Lipinski definition) is 6. The Kier molecular flexibility index (Phi) is 5.05. The Morgan fingerprint density at radius 1 is 1.35 bits per heavy atom. The molecule has 122 valence electrons. The fraction of sp³-hybridized carbons (Fsp3) is 0.400. The smallest absolute Gasteiger partial charge is 0.265 e. The lowest BCUT2D eigenvalue weighted by molar-refractivity contribution is -0.130. The number of carbonyl (C=O) groups excluding carboxylic acids is 2. The highest BCUT2D eigenvalue weighted by Gasteiger charge is 2.35. The molecular formula is C15H19N5O2S. The minimum atomic E-state index is -0.503. The molecule has 1 aromatic rings. The predicted octanol–water partition coefficient (Wildman–Crippen LogP) is 0.968. The van der Waals surface area contributed by atoms with E-state index in [1.807, 2.05) is 27.9 Å². The van der Waals surface area contributed by atoms with Gasteiger partial charge in [0.25, 0.3) is 11.8 Å². The van der Waals surface area contributed by atoms with E-state index in [9.17, 15) is 9.59 Å². The minimum absolute atomic E-state index is 0.0279. The molecule has 7 nitrogen and oxygen atoms in total. The van der Waals surface area contributed by atoms with E-state index in [-0.39, 0.29) is 16.7 Å². The van der Waals surface area contributed by atoms with Crippen LogP contribution in [-0.2, 0) is 9.59 Å². The number of thiocarbonyl (C=S) groups is 1. The first-order valence-corrected chi connectivity index (χ1v) is 7.66. The van der Waals surface area contributed by atoms with Gasteiger partial charge in [-0.15, -0.1) is 0 Å². The minimum Gasteiger partial charge on any atom is -0.347 e. The van der Waals surface area contributed by atoms with Crippen LogP contribution >= 0.6 is 12.2 Å². The summed E-state index contributed by atoms with van der Waals surface area (Å²) in [5, 5.41) is 2.70. The normalized spacial score (nSPS) is 18.2. The highest BCUT2D eigenvalue weighted by molar-refractivity contribution is 7.80. The summed E-state index contributed by atoms with van der Waals surface area (Å²) in [4.78, 5) is 36.2. The molecule has 0 radical (unpaired) electrons. The van der Waals surface area contributed by atoms with Crippen LogP contribution in [0.3, 0.4) is 0 Å². The van der Waals surface area contributed by atoms with Gasteiger partial charge in [0.1, 0.15) is 5.57 Å². The van der Waals surface area contributed by atoms with E-state index in [0.717, 1.165) is 6.42 Å². The molecule has 1 unspecified atom stereocenters. The molecule has 1 atom stereocenters. The molecular weight excluding hydrogens is 314 g/mol. The van der Waals surface area contributed by atoms with Crippen molar-refractivity contribution < 1.29 is 9.59 Å². The molecule has 1 aliphatic rings. The summed E-state index contributed by atoms with van der Waals surface area (Å²) in [6, 6.07) is -0.0913. The van der Waals surface area contributed by atoms with Crippen molar-refractivity contribution in [1.82, 2.24) is 20.2 Å². The number of carbonyl (C=O) groups is 2. The van der Waals surface area contributed by atoms with Gasteiger partial charge in [-0.2, -0.15) is 0 Å². The summed E-state index contributed by atoms with van der Waals surface area (Å²) in [7, 11) is 3.66. The standard InChI is InChI=1S/C15H19N5O2S/c1-5-9(2)20-13(22)11(12(21)18-15(20)23)6-10-7-16-14(17-8-10)19(3)4/h6-9H,5H2,1-4H3,(H,18,21,23). The van der Waals surface area contributed by atoms with Crippen molar-refractivity contribution in [3.05, 3.63) is 23.5 Å². The molecule has 23 heavy (non-hydrogen) atoms. The van der Waals surface area contributed by atoms with Crippen LogP contribution < -0.4 is 10.2 Å². The Bertz CT molecular complexity index is 669. The number of hydrogen-bond donors (Lipinski definition) is 1. The molecule has 2 heterocycles. The van der Waals surface area contributed by atoms with Gasteiger partial charge in [-0.05, 0) is 31.6 Å². The van der Waals surface area contributed by atoms with E-state index in [4.69, 9.17) is 12.2 Å². The molecule has 8 heteroatoms. The van der Waals surface area contributed by atoms with Crippen molar-refractivity contribution in [2.24, 2.45) is 0 Å². The zero-order valence-corrected chi connectivity index (χ0v) is 14.3. The lowest BCUT2D eigenvalue weighted by Gasteiger charge is -2.33. The molecule has 1 N–H and O–H groups in total. The van der Waals surface area contributed by atoms with Gasteiger partial charge in [-0.25, -0.2) is 9.97 Å². The molecule has 1 aromatic heterocycles. The average molecular weight is 333 g/mol. The van der Waals surface area contributed by atoms with Crippen molar-refractivity contribution in [3.63, 3.8) is 0 Å². The third-order valence-electron chi connectivity index (χ3n) is 3.53. The molecule has 2 rings (SSSR count). The van der Waals surface area contributed by atoms with E-state index < -0.39 is 11.8 Å². The van der Waals surface area contributed by atoms with Gasteiger partial charge in [0, 0.05) is 38.1 Å². The molecule has 1 saturated heterocycles. The largest absolute Gasteiger partial charge is 0.347 e. The van der Waals surface area contributed by atoms with E-state index in [1.165, 1.54) is 11.0 Å². The maximum atomic E-state index is 12.6. The average Bonchev–Trinajstić information content (AvgIpc) is 2.51. The Morgan fingerprint density at radius 2 is 1.96 bits per heavy atom. The number of amides is 2. The number of aromatic nitrogens is 2. The van der Waals surface area contributed by atoms with Gasteiger partial charge < -0.3 is 4.90 Å². The summed E-state index contributed by atoms with van der Waals surface area (Å²) in [6.45, 7) is 3.84. The summed E-state index contributed by atoms with van der Waals surface area (Å²) >= 11 is 5.10. The van der Waals surface area contributed by atoms with E-state index in [0.29, 0.717) is 11.5 Å². The van der Waals surface area contributed by atoms with Crippen molar-refractivity contribution in [2.75, 3.05) is 19.0 Å². The van der Waals surface area contributed by atoms with Crippen molar-refractivity contribution in [3.8, 4) is 0 Å². The number of nitrogens with zero attached hydrogens (tertiary/aromatic N) is 4. The summed E-state index contributed by atoms with van der Waals surface area (Å²) < 4.78 is 0. The Morgan fingerprint density at radius 3 is 2.48 bits per heavy atom. The van der Waals surface area contributed by atoms with E-state index in [2.05, 4.69) is 15.3 Å². The van der Waals surface area contributed by atoms with Gasteiger partial charge in [-0.3, -0.25) is 19.8 Å².